The summed E-state index contributed by atoms with van der Waals surface area (Å²) in [6.45, 7) is 0.300. The molecule has 0 aromatic heterocycles. The molecule has 2 N–H and O–H groups in total. The zero-order chi connectivity index (χ0) is 13.1. The number of benzene rings is 2. The molecule has 0 heterocycles. The van der Waals surface area contributed by atoms with Crippen molar-refractivity contribution in [3.63, 3.8) is 0 Å². The van der Waals surface area contributed by atoms with Crippen molar-refractivity contribution in [1.82, 2.24) is 0 Å². The fourth-order valence-corrected chi connectivity index (χ4v) is 2.02. The van der Waals surface area contributed by atoms with Crippen LogP contribution in [0.1, 0.15) is 11.1 Å². The summed E-state index contributed by atoms with van der Waals surface area (Å²) < 4.78 is 13.4. The lowest BCUT2D eigenvalue weighted by Crippen LogP contribution is -1.99. The smallest absolute Gasteiger partial charge is 0.125 e. The second-order valence-electron chi connectivity index (χ2n) is 3.85. The predicted molar refractivity (Wildman–Crippen MR) is 69.5 cm³/mol. The van der Waals surface area contributed by atoms with Gasteiger partial charge in [-0.25, -0.2) is 4.39 Å². The second-order valence-corrected chi connectivity index (χ2v) is 4.28. The average Bonchev–Trinajstić information content (AvgIpc) is 2.37. The topological polar surface area (TPSA) is 49.8 Å². The number of nitriles is 1. The Morgan fingerprint density at radius 3 is 2.67 bits per heavy atom. The normalized spacial score (nSPS) is 10.1. The van der Waals surface area contributed by atoms with Crippen LogP contribution < -0.4 is 5.73 Å². The highest BCUT2D eigenvalue weighted by atomic mass is 35.5. The molecule has 0 aliphatic heterocycles. The van der Waals surface area contributed by atoms with Crippen molar-refractivity contribution in [3.8, 4) is 17.2 Å². The summed E-state index contributed by atoms with van der Waals surface area (Å²) in [6, 6.07) is 11.4. The third-order valence-corrected chi connectivity index (χ3v) is 2.86. The summed E-state index contributed by atoms with van der Waals surface area (Å²) >= 11 is 5.89. The van der Waals surface area contributed by atoms with Gasteiger partial charge in [-0.1, -0.05) is 17.7 Å². The molecule has 0 fully saturated rings. The molecule has 0 bridgehead atoms. The van der Waals surface area contributed by atoms with Crippen molar-refractivity contribution in [2.24, 2.45) is 5.73 Å². The molecule has 0 saturated carbocycles. The van der Waals surface area contributed by atoms with E-state index >= 15 is 0 Å². The van der Waals surface area contributed by atoms with Crippen LogP contribution in [0, 0.1) is 17.1 Å². The minimum absolute atomic E-state index is 0.280. The molecule has 0 radical (unpaired) electrons. The van der Waals surface area contributed by atoms with Crippen LogP contribution in [0.25, 0.3) is 11.1 Å². The number of hydrogen-bond acceptors (Lipinski definition) is 2. The molecular weight excluding hydrogens is 251 g/mol. The molecule has 18 heavy (non-hydrogen) atoms. The number of nitrogens with two attached hydrogens (primary N) is 1. The highest BCUT2D eigenvalue weighted by molar-refractivity contribution is 6.30. The summed E-state index contributed by atoms with van der Waals surface area (Å²) in [5.41, 5.74) is 8.16. The van der Waals surface area contributed by atoms with Crippen LogP contribution in [0.15, 0.2) is 36.4 Å². The number of rotatable bonds is 2. The molecule has 2 rings (SSSR count). The second kappa shape index (κ2) is 5.18. The highest BCUT2D eigenvalue weighted by Crippen LogP contribution is 2.27. The molecule has 0 unspecified atom stereocenters. The Bertz CT molecular complexity index is 632. The van der Waals surface area contributed by atoms with E-state index < -0.39 is 5.82 Å². The van der Waals surface area contributed by atoms with Crippen molar-refractivity contribution in [2.75, 3.05) is 0 Å². The molecule has 0 spiro atoms. The Morgan fingerprint density at radius 2 is 2.00 bits per heavy atom. The van der Waals surface area contributed by atoms with Gasteiger partial charge in [-0.15, -0.1) is 0 Å². The molecule has 4 heteroatoms. The van der Waals surface area contributed by atoms with E-state index in [4.69, 9.17) is 22.6 Å². The fourth-order valence-electron chi connectivity index (χ4n) is 1.82. The van der Waals surface area contributed by atoms with E-state index in [0.717, 1.165) is 11.1 Å². The van der Waals surface area contributed by atoms with Gasteiger partial charge >= 0.3 is 0 Å². The van der Waals surface area contributed by atoms with Gasteiger partial charge in [-0.3, -0.25) is 0 Å². The van der Waals surface area contributed by atoms with Crippen LogP contribution >= 0.6 is 11.6 Å². The molecule has 2 aromatic carbocycles. The van der Waals surface area contributed by atoms with Crippen molar-refractivity contribution in [2.45, 2.75) is 6.54 Å². The monoisotopic (exact) mass is 260 g/mol. The van der Waals surface area contributed by atoms with Crippen LogP contribution in [-0.4, -0.2) is 0 Å². The lowest BCUT2D eigenvalue weighted by atomic mass is 9.98. The van der Waals surface area contributed by atoms with Gasteiger partial charge in [0.2, 0.25) is 0 Å². The molecule has 2 nitrogen and oxygen atoms in total. The largest absolute Gasteiger partial charge is 0.326 e. The zero-order valence-corrected chi connectivity index (χ0v) is 10.2. The van der Waals surface area contributed by atoms with Gasteiger partial charge < -0.3 is 5.73 Å². The maximum absolute atomic E-state index is 13.4. The quantitative estimate of drug-likeness (QED) is 0.899. The molecule has 0 saturated heterocycles. The van der Waals surface area contributed by atoms with Crippen LogP contribution in [0.5, 0.6) is 0 Å². The van der Waals surface area contributed by atoms with Crippen LogP contribution in [0.3, 0.4) is 0 Å². The Labute approximate surface area is 109 Å². The summed E-state index contributed by atoms with van der Waals surface area (Å²) in [4.78, 5) is 0. The van der Waals surface area contributed by atoms with Gasteiger partial charge in [0.05, 0.1) is 11.6 Å². The molecule has 2 aromatic rings. The maximum atomic E-state index is 13.4. The van der Waals surface area contributed by atoms with Gasteiger partial charge in [-0.2, -0.15) is 5.26 Å². The van der Waals surface area contributed by atoms with E-state index in [2.05, 4.69) is 0 Å². The van der Waals surface area contributed by atoms with Gasteiger partial charge in [-0.05, 0) is 47.0 Å². The lowest BCUT2D eigenvalue weighted by molar-refractivity contribution is 0.628. The van der Waals surface area contributed by atoms with E-state index in [0.29, 0.717) is 17.1 Å². The molecular formula is C14H10ClFN2. The summed E-state index contributed by atoms with van der Waals surface area (Å²) in [7, 11) is 0. The Kier molecular flexibility index (Phi) is 3.61. The standard InChI is InChI=1S/C14H10ClFN2/c15-12-1-2-14(11(5-12)8-18)10-3-9(7-17)4-13(16)6-10/h1-6H,8,18H2. The van der Waals surface area contributed by atoms with Crippen molar-refractivity contribution in [3.05, 3.63) is 58.4 Å². The first-order valence-corrected chi connectivity index (χ1v) is 5.71. The first-order valence-electron chi connectivity index (χ1n) is 5.33. The van der Waals surface area contributed by atoms with Gasteiger partial charge in [0, 0.05) is 11.6 Å². The van der Waals surface area contributed by atoms with Crippen molar-refractivity contribution >= 4 is 11.6 Å². The third-order valence-electron chi connectivity index (χ3n) is 2.63. The zero-order valence-electron chi connectivity index (χ0n) is 9.45. The predicted octanol–water partition coefficient (Wildman–Crippen LogP) is 3.48. The van der Waals surface area contributed by atoms with Gasteiger partial charge in [0.25, 0.3) is 0 Å². The summed E-state index contributed by atoms with van der Waals surface area (Å²) in [5.74, 6) is -0.443. The lowest BCUT2D eigenvalue weighted by Gasteiger charge is -2.09. The number of nitrogens with zero attached hydrogens (tertiary/aromatic N) is 1. The average molecular weight is 261 g/mol. The van der Waals surface area contributed by atoms with Crippen molar-refractivity contribution in [1.29, 1.82) is 5.26 Å². The Hall–Kier alpha value is -1.89. The molecule has 0 aliphatic rings. The van der Waals surface area contributed by atoms with E-state index in [1.807, 2.05) is 6.07 Å². The Morgan fingerprint density at radius 1 is 1.22 bits per heavy atom. The van der Waals surface area contributed by atoms with E-state index in [1.54, 1.807) is 24.3 Å². The Balaban J connectivity index is 2.62. The number of hydrogen-bond donors (Lipinski definition) is 1. The molecule has 0 aliphatic carbocycles. The molecule has 0 amide bonds. The number of halogens is 2. The minimum atomic E-state index is -0.443. The summed E-state index contributed by atoms with van der Waals surface area (Å²) in [5, 5.41) is 9.42. The molecule has 0 atom stereocenters. The van der Waals surface area contributed by atoms with E-state index in [9.17, 15) is 4.39 Å². The third kappa shape index (κ3) is 2.51. The first-order chi connectivity index (χ1) is 8.63. The van der Waals surface area contributed by atoms with Crippen molar-refractivity contribution < 1.29 is 4.39 Å². The minimum Gasteiger partial charge on any atom is -0.326 e. The van der Waals surface area contributed by atoms with Gasteiger partial charge in [0.15, 0.2) is 0 Å². The fraction of sp³-hybridized carbons (Fsp3) is 0.0714. The van der Waals surface area contributed by atoms with Crippen LogP contribution in [0.2, 0.25) is 5.02 Å². The molecule has 90 valence electrons. The van der Waals surface area contributed by atoms with E-state index in [-0.39, 0.29) is 5.56 Å². The van der Waals surface area contributed by atoms with Crippen LogP contribution in [0.4, 0.5) is 4.39 Å². The highest BCUT2D eigenvalue weighted by Gasteiger charge is 2.07. The van der Waals surface area contributed by atoms with Gasteiger partial charge in [0.1, 0.15) is 5.82 Å². The summed E-state index contributed by atoms with van der Waals surface area (Å²) in [6.07, 6.45) is 0. The maximum Gasteiger partial charge on any atom is 0.125 e. The van der Waals surface area contributed by atoms with Crippen LogP contribution in [-0.2, 0) is 6.54 Å². The van der Waals surface area contributed by atoms with E-state index in [1.165, 1.54) is 12.1 Å². The first kappa shape index (κ1) is 12.6. The SMILES string of the molecule is N#Cc1cc(F)cc(-c2ccc(Cl)cc2CN)c1.